The second-order valence-electron chi connectivity index (χ2n) is 3.24. The first-order valence-electron chi connectivity index (χ1n) is 5.06. The van der Waals surface area contributed by atoms with Crippen molar-refractivity contribution in [3.05, 3.63) is 36.5 Å². The molecule has 0 atom stereocenters. The Kier molecular flexibility index (Phi) is 3.09. The highest BCUT2D eigenvalue weighted by Gasteiger charge is 2.01. The van der Waals surface area contributed by atoms with Gasteiger partial charge in [0.1, 0.15) is 5.82 Å². The topological polar surface area (TPSA) is 53.6 Å². The molecular weight excluding hydrogens is 188 g/mol. The molecule has 0 amide bonds. The van der Waals surface area contributed by atoms with E-state index in [1.54, 1.807) is 6.20 Å². The van der Waals surface area contributed by atoms with Gasteiger partial charge in [0.25, 0.3) is 0 Å². The van der Waals surface area contributed by atoms with Gasteiger partial charge in [-0.1, -0.05) is 6.92 Å². The maximum atomic E-state index is 4.46. The SMILES string of the molecule is CCNCc1nccc(-c2cc[nH]c2)n1. The van der Waals surface area contributed by atoms with E-state index in [4.69, 9.17) is 0 Å². The second-order valence-corrected chi connectivity index (χ2v) is 3.24. The van der Waals surface area contributed by atoms with Gasteiger partial charge in [-0.15, -0.1) is 0 Å². The summed E-state index contributed by atoms with van der Waals surface area (Å²) < 4.78 is 0. The first-order valence-corrected chi connectivity index (χ1v) is 5.06. The largest absolute Gasteiger partial charge is 0.367 e. The zero-order valence-corrected chi connectivity index (χ0v) is 8.70. The van der Waals surface area contributed by atoms with Crippen LogP contribution in [-0.4, -0.2) is 21.5 Å². The van der Waals surface area contributed by atoms with E-state index >= 15 is 0 Å². The quantitative estimate of drug-likeness (QED) is 0.791. The minimum absolute atomic E-state index is 0.717. The third kappa shape index (κ3) is 2.41. The molecule has 0 saturated heterocycles. The van der Waals surface area contributed by atoms with Crippen molar-refractivity contribution in [3.8, 4) is 11.3 Å². The van der Waals surface area contributed by atoms with Crippen LogP contribution in [0, 0.1) is 0 Å². The number of H-pyrrole nitrogens is 1. The molecule has 15 heavy (non-hydrogen) atoms. The molecule has 0 unspecified atom stereocenters. The molecule has 2 aromatic rings. The number of nitrogens with zero attached hydrogens (tertiary/aromatic N) is 2. The molecule has 0 aliphatic rings. The van der Waals surface area contributed by atoms with Gasteiger partial charge in [0.05, 0.1) is 12.2 Å². The Morgan fingerprint density at radius 1 is 1.40 bits per heavy atom. The molecular formula is C11H14N4. The maximum absolute atomic E-state index is 4.46. The van der Waals surface area contributed by atoms with E-state index in [9.17, 15) is 0 Å². The third-order valence-electron chi connectivity index (χ3n) is 2.13. The summed E-state index contributed by atoms with van der Waals surface area (Å²) in [6.45, 7) is 3.71. The summed E-state index contributed by atoms with van der Waals surface area (Å²) >= 11 is 0. The molecule has 0 fully saturated rings. The number of hydrogen-bond donors (Lipinski definition) is 2. The van der Waals surface area contributed by atoms with Crippen molar-refractivity contribution in [2.75, 3.05) is 6.54 Å². The van der Waals surface area contributed by atoms with Crippen LogP contribution in [0.3, 0.4) is 0 Å². The molecule has 0 spiro atoms. The number of rotatable bonds is 4. The van der Waals surface area contributed by atoms with Crippen LogP contribution in [0.5, 0.6) is 0 Å². The molecule has 0 radical (unpaired) electrons. The molecule has 2 N–H and O–H groups in total. The van der Waals surface area contributed by atoms with E-state index in [-0.39, 0.29) is 0 Å². The summed E-state index contributed by atoms with van der Waals surface area (Å²) in [5, 5.41) is 3.20. The Hall–Kier alpha value is -1.68. The van der Waals surface area contributed by atoms with Crippen LogP contribution >= 0.6 is 0 Å². The molecule has 4 nitrogen and oxygen atoms in total. The lowest BCUT2D eigenvalue weighted by Crippen LogP contribution is -2.14. The van der Waals surface area contributed by atoms with Gasteiger partial charge in [-0.2, -0.15) is 0 Å². The lowest BCUT2D eigenvalue weighted by molar-refractivity contribution is 0.691. The number of hydrogen-bond acceptors (Lipinski definition) is 3. The van der Waals surface area contributed by atoms with Crippen LogP contribution < -0.4 is 5.32 Å². The van der Waals surface area contributed by atoms with Crippen LogP contribution in [-0.2, 0) is 6.54 Å². The minimum Gasteiger partial charge on any atom is -0.367 e. The molecule has 0 aromatic carbocycles. The third-order valence-corrected chi connectivity index (χ3v) is 2.13. The highest BCUT2D eigenvalue weighted by Crippen LogP contribution is 2.14. The average molecular weight is 202 g/mol. The van der Waals surface area contributed by atoms with Crippen molar-refractivity contribution in [2.24, 2.45) is 0 Å². The number of nitrogens with one attached hydrogen (secondary N) is 2. The smallest absolute Gasteiger partial charge is 0.142 e. The van der Waals surface area contributed by atoms with Crippen molar-refractivity contribution in [3.63, 3.8) is 0 Å². The van der Waals surface area contributed by atoms with Gasteiger partial charge < -0.3 is 10.3 Å². The summed E-state index contributed by atoms with van der Waals surface area (Å²) in [5.41, 5.74) is 2.05. The fourth-order valence-electron chi connectivity index (χ4n) is 1.37. The molecule has 2 rings (SSSR count). The van der Waals surface area contributed by atoms with Crippen LogP contribution in [0.25, 0.3) is 11.3 Å². The van der Waals surface area contributed by atoms with E-state index in [2.05, 4.69) is 27.2 Å². The van der Waals surface area contributed by atoms with E-state index in [0.717, 1.165) is 30.2 Å². The van der Waals surface area contributed by atoms with Gasteiger partial charge in [-0.3, -0.25) is 0 Å². The van der Waals surface area contributed by atoms with Gasteiger partial charge >= 0.3 is 0 Å². The summed E-state index contributed by atoms with van der Waals surface area (Å²) in [4.78, 5) is 11.7. The Bertz CT molecular complexity index is 408. The van der Waals surface area contributed by atoms with Crippen molar-refractivity contribution in [1.29, 1.82) is 0 Å². The van der Waals surface area contributed by atoms with Crippen molar-refractivity contribution < 1.29 is 0 Å². The Morgan fingerprint density at radius 2 is 2.33 bits per heavy atom. The minimum atomic E-state index is 0.717. The normalized spacial score (nSPS) is 10.5. The molecule has 2 aromatic heterocycles. The Balaban J connectivity index is 2.19. The van der Waals surface area contributed by atoms with Crippen LogP contribution in [0.15, 0.2) is 30.7 Å². The molecule has 78 valence electrons. The first-order chi connectivity index (χ1) is 7.40. The Morgan fingerprint density at radius 3 is 3.07 bits per heavy atom. The first kappa shape index (κ1) is 9.86. The van der Waals surface area contributed by atoms with Gasteiger partial charge in [-0.05, 0) is 18.7 Å². The fourth-order valence-corrected chi connectivity index (χ4v) is 1.37. The molecule has 0 saturated carbocycles. The molecule has 0 aliphatic heterocycles. The number of aromatic nitrogens is 3. The summed E-state index contributed by atoms with van der Waals surface area (Å²) in [5.74, 6) is 0.829. The van der Waals surface area contributed by atoms with Crippen molar-refractivity contribution >= 4 is 0 Å². The molecule has 0 bridgehead atoms. The lowest BCUT2D eigenvalue weighted by atomic mass is 10.2. The van der Waals surface area contributed by atoms with Crippen LogP contribution in [0.4, 0.5) is 0 Å². The zero-order chi connectivity index (χ0) is 10.5. The van der Waals surface area contributed by atoms with Gasteiger partial charge in [-0.25, -0.2) is 9.97 Å². The fraction of sp³-hybridized carbons (Fsp3) is 0.273. The summed E-state index contributed by atoms with van der Waals surface area (Å²) in [7, 11) is 0. The molecule has 4 heteroatoms. The molecule has 0 aliphatic carbocycles. The van der Waals surface area contributed by atoms with Gasteiger partial charge in [0, 0.05) is 24.2 Å². The highest BCUT2D eigenvalue weighted by atomic mass is 15.0. The predicted octanol–water partition coefficient (Wildman–Crippen LogP) is 1.58. The molecule has 2 heterocycles. The van der Waals surface area contributed by atoms with E-state index in [1.807, 2.05) is 24.5 Å². The zero-order valence-electron chi connectivity index (χ0n) is 8.70. The van der Waals surface area contributed by atoms with Crippen LogP contribution in [0.1, 0.15) is 12.7 Å². The summed E-state index contributed by atoms with van der Waals surface area (Å²) in [6.07, 6.45) is 5.61. The lowest BCUT2D eigenvalue weighted by Gasteiger charge is -2.02. The standard InChI is InChI=1S/C11H14N4/c1-2-12-8-11-14-6-4-10(15-11)9-3-5-13-7-9/h3-7,12-13H,2,8H2,1H3. The maximum Gasteiger partial charge on any atom is 0.142 e. The predicted molar refractivity (Wildman–Crippen MR) is 59.2 cm³/mol. The monoisotopic (exact) mass is 202 g/mol. The van der Waals surface area contributed by atoms with E-state index in [0.29, 0.717) is 0 Å². The summed E-state index contributed by atoms with van der Waals surface area (Å²) in [6, 6.07) is 3.91. The van der Waals surface area contributed by atoms with Crippen LogP contribution in [0.2, 0.25) is 0 Å². The van der Waals surface area contributed by atoms with Gasteiger partial charge in [0.2, 0.25) is 0 Å². The van der Waals surface area contributed by atoms with Crippen molar-refractivity contribution in [1.82, 2.24) is 20.3 Å². The Labute approximate surface area is 88.8 Å². The second kappa shape index (κ2) is 4.70. The highest BCUT2D eigenvalue weighted by molar-refractivity contribution is 5.57. The van der Waals surface area contributed by atoms with Crippen molar-refractivity contribution in [2.45, 2.75) is 13.5 Å². The van der Waals surface area contributed by atoms with Gasteiger partial charge in [0.15, 0.2) is 0 Å². The number of aromatic amines is 1. The average Bonchev–Trinajstić information content (AvgIpc) is 2.80. The van der Waals surface area contributed by atoms with E-state index < -0.39 is 0 Å². The van der Waals surface area contributed by atoms with E-state index in [1.165, 1.54) is 0 Å².